The Kier molecular flexibility index (Phi) is 3.82. The Morgan fingerprint density at radius 2 is 2.17 bits per heavy atom. The second-order valence-electron chi connectivity index (χ2n) is 4.65. The predicted octanol–water partition coefficient (Wildman–Crippen LogP) is 2.19. The number of aryl methyl sites for hydroxylation is 1. The molecule has 2 rings (SSSR count). The Labute approximate surface area is 107 Å². The number of ketones is 1. The van der Waals surface area contributed by atoms with Crippen molar-refractivity contribution in [1.82, 2.24) is 0 Å². The average molecular weight is 242 g/mol. The Hall–Kier alpha value is -2.03. The van der Waals surface area contributed by atoms with Gasteiger partial charge in [-0.1, -0.05) is 24.3 Å². The molecule has 94 valence electrons. The van der Waals surface area contributed by atoms with Crippen molar-refractivity contribution in [3.05, 3.63) is 53.8 Å². The summed E-state index contributed by atoms with van der Waals surface area (Å²) in [6, 6.07) is 7.67. The molecule has 1 aliphatic carbocycles. The molecule has 3 nitrogen and oxygen atoms in total. The van der Waals surface area contributed by atoms with Crippen molar-refractivity contribution in [2.45, 2.75) is 19.3 Å². The van der Waals surface area contributed by atoms with Crippen molar-refractivity contribution < 1.29 is 4.79 Å². The van der Waals surface area contributed by atoms with Crippen molar-refractivity contribution in [3.63, 3.8) is 0 Å². The minimum atomic E-state index is -0.0592. The molecule has 1 aromatic rings. The largest absolute Gasteiger partial charge is 0.402 e. The van der Waals surface area contributed by atoms with Crippen molar-refractivity contribution in [2.24, 2.45) is 11.7 Å². The fourth-order valence-corrected chi connectivity index (χ4v) is 2.13. The Morgan fingerprint density at radius 1 is 1.33 bits per heavy atom. The molecule has 1 aliphatic rings. The third-order valence-corrected chi connectivity index (χ3v) is 3.13. The van der Waals surface area contributed by atoms with Crippen LogP contribution in [-0.2, 0) is 11.2 Å². The lowest BCUT2D eigenvalue weighted by Crippen LogP contribution is -2.18. The number of hydrogen-bond donors (Lipinski definition) is 2. The van der Waals surface area contributed by atoms with E-state index in [1.54, 1.807) is 0 Å². The number of allylic oxidation sites excluding steroid dienone is 4. The number of hydrogen-bond acceptors (Lipinski definition) is 3. The maximum Gasteiger partial charge on any atom is 0.140 e. The molecule has 3 heteroatoms. The average Bonchev–Trinajstić information content (AvgIpc) is 2.36. The van der Waals surface area contributed by atoms with Crippen LogP contribution in [0.5, 0.6) is 0 Å². The van der Waals surface area contributed by atoms with Crippen LogP contribution in [0.3, 0.4) is 0 Å². The van der Waals surface area contributed by atoms with Crippen molar-refractivity contribution >= 4 is 11.5 Å². The Bertz CT molecular complexity index is 503. The zero-order chi connectivity index (χ0) is 13.0. The van der Waals surface area contributed by atoms with Gasteiger partial charge in [0.15, 0.2) is 0 Å². The van der Waals surface area contributed by atoms with Gasteiger partial charge in [-0.25, -0.2) is 0 Å². The van der Waals surface area contributed by atoms with Crippen LogP contribution in [0.1, 0.15) is 18.4 Å². The van der Waals surface area contributed by atoms with E-state index in [1.165, 1.54) is 0 Å². The van der Waals surface area contributed by atoms with E-state index in [9.17, 15) is 4.79 Å². The first kappa shape index (κ1) is 12.4. The maximum absolute atomic E-state index is 12.0. The zero-order valence-corrected chi connectivity index (χ0v) is 10.3. The minimum Gasteiger partial charge on any atom is -0.402 e. The molecule has 0 spiro atoms. The number of benzene rings is 1. The summed E-state index contributed by atoms with van der Waals surface area (Å²) in [6.45, 7) is 0. The van der Waals surface area contributed by atoms with Gasteiger partial charge in [0.1, 0.15) is 5.78 Å². The van der Waals surface area contributed by atoms with Gasteiger partial charge in [-0.15, -0.1) is 0 Å². The SMILES string of the molecule is NC1=CC=CC(C(=O)CCc2cccc(N)c2)C1. The number of nitrogen functional groups attached to an aromatic ring is 1. The highest BCUT2D eigenvalue weighted by molar-refractivity contribution is 5.83. The Balaban J connectivity index is 1.89. The highest BCUT2D eigenvalue weighted by Crippen LogP contribution is 2.19. The van der Waals surface area contributed by atoms with Gasteiger partial charge in [-0.2, -0.15) is 0 Å². The molecule has 0 heterocycles. The van der Waals surface area contributed by atoms with Gasteiger partial charge in [0.25, 0.3) is 0 Å². The first-order valence-electron chi connectivity index (χ1n) is 6.15. The lowest BCUT2D eigenvalue weighted by atomic mass is 9.91. The van der Waals surface area contributed by atoms with Gasteiger partial charge in [-0.05, 0) is 30.2 Å². The van der Waals surface area contributed by atoms with Crippen LogP contribution in [-0.4, -0.2) is 5.78 Å². The molecule has 0 bridgehead atoms. The van der Waals surface area contributed by atoms with Crippen LogP contribution in [0, 0.1) is 5.92 Å². The van der Waals surface area contributed by atoms with E-state index in [1.807, 2.05) is 42.5 Å². The summed E-state index contributed by atoms with van der Waals surface area (Å²) in [4.78, 5) is 12.0. The van der Waals surface area contributed by atoms with Crippen LogP contribution in [0.4, 0.5) is 5.69 Å². The molecule has 1 unspecified atom stereocenters. The molecule has 0 aromatic heterocycles. The molecular weight excluding hydrogens is 224 g/mol. The van der Waals surface area contributed by atoms with E-state index in [0.717, 1.165) is 23.4 Å². The van der Waals surface area contributed by atoms with E-state index in [4.69, 9.17) is 11.5 Å². The molecule has 1 aromatic carbocycles. The van der Waals surface area contributed by atoms with E-state index in [2.05, 4.69) is 0 Å². The Morgan fingerprint density at radius 3 is 2.89 bits per heavy atom. The van der Waals surface area contributed by atoms with Gasteiger partial charge in [0.2, 0.25) is 0 Å². The second-order valence-corrected chi connectivity index (χ2v) is 4.65. The molecule has 0 saturated heterocycles. The minimum absolute atomic E-state index is 0.0592. The van der Waals surface area contributed by atoms with E-state index >= 15 is 0 Å². The molecule has 0 radical (unpaired) electrons. The molecule has 18 heavy (non-hydrogen) atoms. The highest BCUT2D eigenvalue weighted by atomic mass is 16.1. The van der Waals surface area contributed by atoms with Gasteiger partial charge in [0, 0.05) is 30.1 Å². The fraction of sp³-hybridized carbons (Fsp3) is 0.267. The van der Waals surface area contributed by atoms with Crippen LogP contribution >= 0.6 is 0 Å². The summed E-state index contributed by atoms with van der Waals surface area (Å²) >= 11 is 0. The number of Topliss-reactive ketones (excluding diaryl/α,β-unsaturated/α-hetero) is 1. The van der Waals surface area contributed by atoms with Gasteiger partial charge in [0.05, 0.1) is 0 Å². The number of carbonyl (C=O) groups is 1. The van der Waals surface area contributed by atoms with Crippen LogP contribution < -0.4 is 11.5 Å². The molecule has 0 aliphatic heterocycles. The molecule has 0 fully saturated rings. The van der Waals surface area contributed by atoms with Crippen LogP contribution in [0.25, 0.3) is 0 Å². The monoisotopic (exact) mass is 242 g/mol. The van der Waals surface area contributed by atoms with Crippen LogP contribution in [0.15, 0.2) is 48.2 Å². The normalized spacial score (nSPS) is 18.4. The van der Waals surface area contributed by atoms with Crippen molar-refractivity contribution in [1.29, 1.82) is 0 Å². The summed E-state index contributed by atoms with van der Waals surface area (Å²) in [5.74, 6) is 0.181. The van der Waals surface area contributed by atoms with E-state index in [-0.39, 0.29) is 11.7 Å². The standard InChI is InChI=1S/C15H18N2O/c16-13-5-1-3-11(9-13)7-8-15(18)12-4-2-6-14(17)10-12/h1-6,9,12H,7-8,10,16-17H2. The number of rotatable bonds is 4. The first-order chi connectivity index (χ1) is 8.65. The topological polar surface area (TPSA) is 69.1 Å². The van der Waals surface area contributed by atoms with Gasteiger partial charge in [-0.3, -0.25) is 4.79 Å². The number of anilines is 1. The summed E-state index contributed by atoms with van der Waals surface area (Å²) in [5, 5.41) is 0. The van der Waals surface area contributed by atoms with Crippen LogP contribution in [0.2, 0.25) is 0 Å². The number of nitrogens with two attached hydrogens (primary N) is 2. The van der Waals surface area contributed by atoms with Gasteiger partial charge < -0.3 is 11.5 Å². The van der Waals surface area contributed by atoms with Crippen molar-refractivity contribution in [2.75, 3.05) is 5.73 Å². The zero-order valence-electron chi connectivity index (χ0n) is 10.3. The summed E-state index contributed by atoms with van der Waals surface area (Å²) in [6.07, 6.45) is 7.55. The lowest BCUT2D eigenvalue weighted by Gasteiger charge is -2.14. The smallest absolute Gasteiger partial charge is 0.140 e. The second kappa shape index (κ2) is 5.54. The highest BCUT2D eigenvalue weighted by Gasteiger charge is 2.17. The van der Waals surface area contributed by atoms with E-state index < -0.39 is 0 Å². The first-order valence-corrected chi connectivity index (χ1v) is 6.15. The third kappa shape index (κ3) is 3.23. The lowest BCUT2D eigenvalue weighted by molar-refractivity contribution is -0.121. The summed E-state index contributed by atoms with van der Waals surface area (Å²) in [7, 11) is 0. The number of carbonyl (C=O) groups excluding carboxylic acids is 1. The summed E-state index contributed by atoms with van der Waals surface area (Å²) in [5.41, 5.74) is 14.1. The molecule has 1 atom stereocenters. The quantitative estimate of drug-likeness (QED) is 0.795. The van der Waals surface area contributed by atoms with Crippen molar-refractivity contribution in [3.8, 4) is 0 Å². The fourth-order valence-electron chi connectivity index (χ4n) is 2.13. The van der Waals surface area contributed by atoms with E-state index in [0.29, 0.717) is 12.8 Å². The molecule has 0 amide bonds. The molecule has 4 N–H and O–H groups in total. The maximum atomic E-state index is 12.0. The molecule has 0 saturated carbocycles. The predicted molar refractivity (Wildman–Crippen MR) is 73.7 cm³/mol. The molecular formula is C15H18N2O. The third-order valence-electron chi connectivity index (χ3n) is 3.13. The summed E-state index contributed by atoms with van der Waals surface area (Å²) < 4.78 is 0. The van der Waals surface area contributed by atoms with Gasteiger partial charge >= 0.3 is 0 Å².